The van der Waals surface area contributed by atoms with E-state index < -0.39 is 0 Å². The number of pyridine rings is 1. The van der Waals surface area contributed by atoms with Gasteiger partial charge in [0, 0.05) is 42.7 Å². The van der Waals surface area contributed by atoms with Crippen molar-refractivity contribution in [3.63, 3.8) is 0 Å². The largest absolute Gasteiger partial charge is 0.371 e. The maximum atomic E-state index is 12.1. The van der Waals surface area contributed by atoms with E-state index in [-0.39, 0.29) is 30.2 Å². The number of nitrogens with zero attached hydrogens (tertiary/aromatic N) is 3. The van der Waals surface area contributed by atoms with Gasteiger partial charge in [0.1, 0.15) is 17.9 Å². The Morgan fingerprint density at radius 2 is 2.07 bits per heavy atom. The monoisotopic (exact) mass is 366 g/mol. The lowest BCUT2D eigenvalue weighted by atomic mass is 10.0. The van der Waals surface area contributed by atoms with Gasteiger partial charge in [-0.1, -0.05) is 0 Å². The topological polar surface area (TPSA) is 114 Å². The highest BCUT2D eigenvalue weighted by Gasteiger charge is 2.30. The molecule has 2 aliphatic rings. The van der Waals surface area contributed by atoms with Gasteiger partial charge in [0.25, 0.3) is 0 Å². The molecule has 8 nitrogen and oxygen atoms in total. The molecule has 2 aromatic heterocycles. The molecule has 4 rings (SSSR count). The van der Waals surface area contributed by atoms with Crippen LogP contribution in [-0.2, 0) is 9.59 Å². The van der Waals surface area contributed by atoms with Gasteiger partial charge in [-0.15, -0.1) is 0 Å². The minimum absolute atomic E-state index is 0.0401. The Morgan fingerprint density at radius 3 is 2.78 bits per heavy atom. The summed E-state index contributed by atoms with van der Waals surface area (Å²) in [4.78, 5) is 33.6. The highest BCUT2D eigenvalue weighted by molar-refractivity contribution is 5.97. The molecule has 3 heterocycles. The van der Waals surface area contributed by atoms with E-state index in [2.05, 4.69) is 25.5 Å². The Balaban J connectivity index is 1.48. The molecule has 2 fully saturated rings. The smallest absolute Gasteiger partial charge is 0.234 e. The normalized spacial score (nSPS) is 17.5. The third-order valence-electron chi connectivity index (χ3n) is 5.15. The van der Waals surface area contributed by atoms with Gasteiger partial charge in [-0.3, -0.25) is 9.59 Å². The van der Waals surface area contributed by atoms with Crippen molar-refractivity contribution in [1.82, 2.24) is 15.3 Å². The van der Waals surface area contributed by atoms with Crippen LogP contribution in [0, 0.1) is 17.2 Å². The first-order chi connectivity index (χ1) is 13.1. The molecule has 140 valence electrons. The quantitative estimate of drug-likeness (QED) is 0.748. The molecule has 1 saturated carbocycles. The lowest BCUT2D eigenvalue weighted by Gasteiger charge is -2.34. The van der Waals surface area contributed by atoms with Crippen LogP contribution in [0.25, 0.3) is 11.0 Å². The summed E-state index contributed by atoms with van der Waals surface area (Å²) in [7, 11) is 0. The Kier molecular flexibility index (Phi) is 4.67. The van der Waals surface area contributed by atoms with Crippen LogP contribution in [0.15, 0.2) is 18.3 Å². The second kappa shape index (κ2) is 7.27. The number of nitrogens with one attached hydrogen (secondary N) is 3. The van der Waals surface area contributed by atoms with Crippen LogP contribution >= 0.6 is 0 Å². The van der Waals surface area contributed by atoms with Crippen LogP contribution in [-0.4, -0.2) is 40.9 Å². The molecule has 0 atom stereocenters. The van der Waals surface area contributed by atoms with E-state index in [1.807, 2.05) is 24.4 Å². The molecule has 2 amide bonds. The fraction of sp³-hybridized carbons (Fsp3) is 0.474. The third kappa shape index (κ3) is 3.87. The summed E-state index contributed by atoms with van der Waals surface area (Å²) in [6.45, 7) is 1.58. The van der Waals surface area contributed by atoms with Crippen molar-refractivity contribution in [1.29, 1.82) is 5.26 Å². The fourth-order valence-corrected chi connectivity index (χ4v) is 3.53. The molecule has 0 radical (unpaired) electrons. The van der Waals surface area contributed by atoms with Gasteiger partial charge in [-0.05, 0) is 31.7 Å². The minimum Gasteiger partial charge on any atom is -0.371 e. The molecule has 8 heteroatoms. The van der Waals surface area contributed by atoms with Crippen molar-refractivity contribution in [3.8, 4) is 6.07 Å². The molecule has 0 spiro atoms. The zero-order valence-corrected chi connectivity index (χ0v) is 15.0. The number of nitriles is 1. The zero-order chi connectivity index (χ0) is 18.8. The predicted octanol–water partition coefficient (Wildman–Crippen LogP) is 1.91. The first-order valence-corrected chi connectivity index (χ1v) is 9.34. The Labute approximate surface area is 156 Å². The highest BCUT2D eigenvalue weighted by Crippen LogP contribution is 2.33. The molecule has 27 heavy (non-hydrogen) atoms. The highest BCUT2D eigenvalue weighted by atomic mass is 16.2. The van der Waals surface area contributed by atoms with E-state index in [0.717, 1.165) is 55.5 Å². The predicted molar refractivity (Wildman–Crippen MR) is 101 cm³/mol. The second-order valence-electron chi connectivity index (χ2n) is 7.19. The number of hydrogen-bond acceptors (Lipinski definition) is 5. The zero-order valence-electron chi connectivity index (χ0n) is 15.0. The van der Waals surface area contributed by atoms with Crippen LogP contribution in [0.5, 0.6) is 0 Å². The average molecular weight is 366 g/mol. The molecule has 1 saturated heterocycles. The Morgan fingerprint density at radius 1 is 1.30 bits per heavy atom. The number of H-pyrrole nitrogens is 1. The number of rotatable bonds is 5. The number of piperidine rings is 1. The van der Waals surface area contributed by atoms with Gasteiger partial charge in [0.05, 0.1) is 11.8 Å². The molecule has 1 aliphatic carbocycles. The van der Waals surface area contributed by atoms with Crippen molar-refractivity contribution in [2.75, 3.05) is 23.3 Å². The van der Waals surface area contributed by atoms with Crippen molar-refractivity contribution in [3.05, 3.63) is 18.3 Å². The Bertz CT molecular complexity index is 903. The first kappa shape index (κ1) is 17.3. The molecule has 0 bridgehead atoms. The number of aromatic nitrogens is 2. The summed E-state index contributed by atoms with van der Waals surface area (Å²) >= 11 is 0. The number of carbonyl (C=O) groups is 2. The van der Waals surface area contributed by atoms with E-state index in [1.54, 1.807) is 0 Å². The van der Waals surface area contributed by atoms with Crippen molar-refractivity contribution in [2.24, 2.45) is 5.92 Å². The lowest BCUT2D eigenvalue weighted by molar-refractivity contribution is -0.121. The molecular weight excluding hydrogens is 344 g/mol. The van der Waals surface area contributed by atoms with E-state index in [1.165, 1.54) is 0 Å². The lowest BCUT2D eigenvalue weighted by Crippen LogP contribution is -2.44. The summed E-state index contributed by atoms with van der Waals surface area (Å²) in [6.07, 6.45) is 5.29. The van der Waals surface area contributed by atoms with Crippen LogP contribution in [0.1, 0.15) is 32.1 Å². The van der Waals surface area contributed by atoms with Crippen LogP contribution < -0.4 is 15.5 Å². The molecule has 1 aliphatic heterocycles. The van der Waals surface area contributed by atoms with Crippen molar-refractivity contribution in [2.45, 2.75) is 38.1 Å². The van der Waals surface area contributed by atoms with Crippen LogP contribution in [0.4, 0.5) is 11.5 Å². The number of amides is 2. The fourth-order valence-electron chi connectivity index (χ4n) is 3.53. The minimum atomic E-state index is -0.210. The maximum Gasteiger partial charge on any atom is 0.234 e. The van der Waals surface area contributed by atoms with Gasteiger partial charge >= 0.3 is 0 Å². The number of aromatic amines is 1. The molecule has 2 aromatic rings. The van der Waals surface area contributed by atoms with Crippen molar-refractivity contribution >= 4 is 34.4 Å². The van der Waals surface area contributed by atoms with E-state index in [4.69, 9.17) is 5.26 Å². The number of anilines is 2. The van der Waals surface area contributed by atoms with E-state index >= 15 is 0 Å². The molecular formula is C19H22N6O2. The van der Waals surface area contributed by atoms with Crippen LogP contribution in [0.3, 0.4) is 0 Å². The van der Waals surface area contributed by atoms with Crippen LogP contribution in [0.2, 0.25) is 0 Å². The second-order valence-corrected chi connectivity index (χ2v) is 7.19. The van der Waals surface area contributed by atoms with Gasteiger partial charge in [0.15, 0.2) is 0 Å². The van der Waals surface area contributed by atoms with Gasteiger partial charge < -0.3 is 20.5 Å². The van der Waals surface area contributed by atoms with Gasteiger partial charge in [-0.25, -0.2) is 4.98 Å². The standard InChI is InChI=1S/C19H22N6O2/c20-7-3-17(26)22-13-5-9-25(10-6-13)15-11-16(24-19(27)12-1-2-12)23-18-14(15)4-8-21-18/h4,8,11-13H,1-3,5-6,9-10H2,(H,22,26)(H2,21,23,24,27). The maximum absolute atomic E-state index is 12.1. The molecule has 0 aromatic carbocycles. The Hall–Kier alpha value is -3.08. The van der Waals surface area contributed by atoms with Gasteiger partial charge in [-0.2, -0.15) is 5.26 Å². The summed E-state index contributed by atoms with van der Waals surface area (Å²) in [5.41, 5.74) is 1.79. The molecule has 3 N–H and O–H groups in total. The number of fused-ring (bicyclic) bond motifs is 1. The number of hydrogen-bond donors (Lipinski definition) is 3. The van der Waals surface area contributed by atoms with Crippen molar-refractivity contribution < 1.29 is 9.59 Å². The average Bonchev–Trinajstić information content (AvgIpc) is 3.40. The third-order valence-corrected chi connectivity index (χ3v) is 5.15. The summed E-state index contributed by atoms with van der Waals surface area (Å²) in [5.74, 6) is 0.528. The first-order valence-electron chi connectivity index (χ1n) is 9.34. The summed E-state index contributed by atoms with van der Waals surface area (Å²) < 4.78 is 0. The number of carbonyl (C=O) groups excluding carboxylic acids is 2. The van der Waals surface area contributed by atoms with Gasteiger partial charge in [0.2, 0.25) is 11.8 Å². The summed E-state index contributed by atoms with van der Waals surface area (Å²) in [5, 5.41) is 15.5. The SMILES string of the molecule is N#CCC(=O)NC1CCN(c2cc(NC(=O)C3CC3)nc3[nH]ccc23)CC1. The van der Waals surface area contributed by atoms with E-state index in [0.29, 0.717) is 5.82 Å². The summed E-state index contributed by atoms with van der Waals surface area (Å²) in [6, 6.07) is 5.90. The van der Waals surface area contributed by atoms with E-state index in [9.17, 15) is 9.59 Å². The molecule has 0 unspecified atom stereocenters.